The Labute approximate surface area is 134 Å². The predicted octanol–water partition coefficient (Wildman–Crippen LogP) is 3.90. The summed E-state index contributed by atoms with van der Waals surface area (Å²) in [6, 6.07) is 15.5. The Morgan fingerprint density at radius 1 is 1.00 bits per heavy atom. The molecule has 3 nitrogen and oxygen atoms in total. The van der Waals surface area contributed by atoms with Crippen LogP contribution in [-0.2, 0) is 11.9 Å². The first-order valence-electron chi connectivity index (χ1n) is 6.78. The monoisotopic (exact) mass is 346 g/mol. The Bertz CT molecular complexity index is 591. The van der Waals surface area contributed by atoms with Crippen molar-refractivity contribution in [2.24, 2.45) is 0 Å². The molecule has 2 aromatic carbocycles. The van der Waals surface area contributed by atoms with Crippen LogP contribution in [0.5, 0.6) is 0 Å². The molecule has 0 heterocycles. The summed E-state index contributed by atoms with van der Waals surface area (Å²) in [6.07, 6.45) is 0. The molecule has 4 heteroatoms. The highest BCUT2D eigenvalue weighted by molar-refractivity contribution is 9.08. The number of hydrogen-bond donors (Lipinski definition) is 1. The Balaban J connectivity index is 2.01. The number of alkyl halides is 1. The average Bonchev–Trinajstić information content (AvgIpc) is 2.49. The molecule has 0 unspecified atom stereocenters. The van der Waals surface area contributed by atoms with Gasteiger partial charge in [0.15, 0.2) is 0 Å². The second-order valence-electron chi connectivity index (χ2n) is 5.22. The van der Waals surface area contributed by atoms with Gasteiger partial charge in [0.1, 0.15) is 0 Å². The summed E-state index contributed by atoms with van der Waals surface area (Å²) in [5, 5.41) is 3.71. The molecule has 0 aliphatic rings. The van der Waals surface area contributed by atoms with Gasteiger partial charge in [0, 0.05) is 23.1 Å². The van der Waals surface area contributed by atoms with E-state index >= 15 is 0 Å². The maximum Gasteiger partial charge on any atom is 0.255 e. The largest absolute Gasteiger partial charge is 0.322 e. The van der Waals surface area contributed by atoms with Crippen LogP contribution in [-0.4, -0.2) is 24.9 Å². The van der Waals surface area contributed by atoms with Gasteiger partial charge in [-0.05, 0) is 49.5 Å². The third kappa shape index (κ3) is 4.69. The van der Waals surface area contributed by atoms with Gasteiger partial charge in [0.25, 0.3) is 5.91 Å². The average molecular weight is 347 g/mol. The van der Waals surface area contributed by atoms with Crippen LogP contribution in [0.3, 0.4) is 0 Å². The minimum Gasteiger partial charge on any atom is -0.322 e. The molecule has 0 saturated heterocycles. The number of benzene rings is 2. The second-order valence-corrected chi connectivity index (χ2v) is 5.78. The number of nitrogens with zero attached hydrogens (tertiary/aromatic N) is 1. The number of amides is 1. The smallest absolute Gasteiger partial charge is 0.255 e. The summed E-state index contributed by atoms with van der Waals surface area (Å²) in [6.45, 7) is 0.891. The quantitative estimate of drug-likeness (QED) is 0.832. The molecule has 2 rings (SSSR count). The van der Waals surface area contributed by atoms with Crippen LogP contribution in [0.4, 0.5) is 5.69 Å². The fourth-order valence-electron chi connectivity index (χ4n) is 2.01. The van der Waals surface area contributed by atoms with Crippen molar-refractivity contribution in [2.45, 2.75) is 11.9 Å². The minimum absolute atomic E-state index is 0.0866. The highest BCUT2D eigenvalue weighted by Gasteiger charge is 2.06. The molecule has 0 aliphatic heterocycles. The van der Waals surface area contributed by atoms with Crippen LogP contribution >= 0.6 is 15.9 Å². The maximum atomic E-state index is 12.1. The summed E-state index contributed by atoms with van der Waals surface area (Å²) < 4.78 is 0. The van der Waals surface area contributed by atoms with Crippen molar-refractivity contribution in [2.75, 3.05) is 19.4 Å². The summed E-state index contributed by atoms with van der Waals surface area (Å²) in [4.78, 5) is 14.3. The SMILES string of the molecule is CN(C)Cc1ccc(NC(=O)c2ccc(CBr)cc2)cc1. The van der Waals surface area contributed by atoms with Crippen molar-refractivity contribution in [3.8, 4) is 0 Å². The third-order valence-corrected chi connectivity index (χ3v) is 3.73. The fourth-order valence-corrected chi connectivity index (χ4v) is 2.38. The van der Waals surface area contributed by atoms with E-state index < -0.39 is 0 Å². The van der Waals surface area contributed by atoms with Crippen molar-refractivity contribution in [1.29, 1.82) is 0 Å². The lowest BCUT2D eigenvalue weighted by Gasteiger charge is -2.10. The first-order valence-corrected chi connectivity index (χ1v) is 7.90. The highest BCUT2D eigenvalue weighted by Crippen LogP contribution is 2.13. The first-order chi connectivity index (χ1) is 10.1. The third-order valence-electron chi connectivity index (χ3n) is 3.08. The standard InChI is InChI=1S/C17H19BrN2O/c1-20(2)12-14-5-9-16(10-6-14)19-17(21)15-7-3-13(11-18)4-8-15/h3-10H,11-12H2,1-2H3,(H,19,21). The number of anilines is 1. The van der Waals surface area contributed by atoms with Gasteiger partial charge >= 0.3 is 0 Å². The molecule has 0 aromatic heterocycles. The molecule has 1 N–H and O–H groups in total. The Morgan fingerprint density at radius 2 is 1.57 bits per heavy atom. The van der Waals surface area contributed by atoms with E-state index in [9.17, 15) is 4.79 Å². The molecule has 0 radical (unpaired) electrons. The molecule has 0 bridgehead atoms. The number of carbonyl (C=O) groups excluding carboxylic acids is 1. The molecule has 0 atom stereocenters. The number of hydrogen-bond acceptors (Lipinski definition) is 2. The van der Waals surface area contributed by atoms with E-state index in [2.05, 4.69) is 26.1 Å². The Kier molecular flexibility index (Phi) is 5.53. The van der Waals surface area contributed by atoms with E-state index in [0.717, 1.165) is 23.1 Å². The van der Waals surface area contributed by atoms with Crippen molar-refractivity contribution >= 4 is 27.5 Å². The highest BCUT2D eigenvalue weighted by atomic mass is 79.9. The molecule has 0 spiro atoms. The summed E-state index contributed by atoms with van der Waals surface area (Å²) in [5.74, 6) is -0.0866. The predicted molar refractivity (Wildman–Crippen MR) is 90.9 cm³/mol. The summed E-state index contributed by atoms with van der Waals surface area (Å²) in [5.41, 5.74) is 3.85. The topological polar surface area (TPSA) is 32.3 Å². The second kappa shape index (κ2) is 7.38. The van der Waals surface area contributed by atoms with Gasteiger partial charge in [-0.2, -0.15) is 0 Å². The van der Waals surface area contributed by atoms with Crippen LogP contribution in [0.1, 0.15) is 21.5 Å². The van der Waals surface area contributed by atoms with E-state index in [1.807, 2.05) is 62.6 Å². The van der Waals surface area contributed by atoms with E-state index in [1.165, 1.54) is 5.56 Å². The van der Waals surface area contributed by atoms with Crippen molar-refractivity contribution < 1.29 is 4.79 Å². The molecular formula is C17H19BrN2O. The van der Waals surface area contributed by atoms with E-state index in [0.29, 0.717) is 5.56 Å². The van der Waals surface area contributed by atoms with Gasteiger partial charge in [0.05, 0.1) is 0 Å². The molecule has 0 fully saturated rings. The van der Waals surface area contributed by atoms with Gasteiger partial charge in [-0.15, -0.1) is 0 Å². The van der Waals surface area contributed by atoms with Crippen LogP contribution < -0.4 is 5.32 Å². The van der Waals surface area contributed by atoms with E-state index in [4.69, 9.17) is 0 Å². The van der Waals surface area contributed by atoms with Crippen LogP contribution in [0.15, 0.2) is 48.5 Å². The number of nitrogens with one attached hydrogen (secondary N) is 1. The lowest BCUT2D eigenvalue weighted by molar-refractivity contribution is 0.102. The van der Waals surface area contributed by atoms with Crippen LogP contribution in [0.25, 0.3) is 0 Å². The summed E-state index contributed by atoms with van der Waals surface area (Å²) in [7, 11) is 4.07. The van der Waals surface area contributed by atoms with Crippen molar-refractivity contribution in [3.05, 3.63) is 65.2 Å². The fraction of sp³-hybridized carbons (Fsp3) is 0.235. The number of rotatable bonds is 5. The molecule has 0 aliphatic carbocycles. The lowest BCUT2D eigenvalue weighted by atomic mass is 10.1. The van der Waals surface area contributed by atoms with Crippen molar-refractivity contribution in [1.82, 2.24) is 4.90 Å². The number of halogens is 1. The molecule has 2 aromatic rings. The molecule has 0 saturated carbocycles. The van der Waals surface area contributed by atoms with Crippen LogP contribution in [0, 0.1) is 0 Å². The summed E-state index contributed by atoms with van der Waals surface area (Å²) >= 11 is 3.39. The zero-order chi connectivity index (χ0) is 15.2. The molecule has 1 amide bonds. The van der Waals surface area contributed by atoms with Gasteiger partial charge in [-0.3, -0.25) is 4.79 Å². The van der Waals surface area contributed by atoms with Gasteiger partial charge in [0.2, 0.25) is 0 Å². The zero-order valence-corrected chi connectivity index (χ0v) is 13.9. The zero-order valence-electron chi connectivity index (χ0n) is 12.3. The van der Waals surface area contributed by atoms with Crippen molar-refractivity contribution in [3.63, 3.8) is 0 Å². The normalized spacial score (nSPS) is 10.7. The Hall–Kier alpha value is -1.65. The van der Waals surface area contributed by atoms with E-state index in [-0.39, 0.29) is 5.91 Å². The van der Waals surface area contributed by atoms with E-state index in [1.54, 1.807) is 0 Å². The molecular weight excluding hydrogens is 328 g/mol. The first kappa shape index (κ1) is 15.7. The van der Waals surface area contributed by atoms with Gasteiger partial charge in [-0.25, -0.2) is 0 Å². The maximum absolute atomic E-state index is 12.1. The Morgan fingerprint density at radius 3 is 2.10 bits per heavy atom. The molecule has 21 heavy (non-hydrogen) atoms. The molecule has 110 valence electrons. The van der Waals surface area contributed by atoms with Crippen LogP contribution in [0.2, 0.25) is 0 Å². The number of carbonyl (C=O) groups is 1. The van der Waals surface area contributed by atoms with Gasteiger partial charge in [-0.1, -0.05) is 40.2 Å². The minimum atomic E-state index is -0.0866. The van der Waals surface area contributed by atoms with Gasteiger partial charge < -0.3 is 10.2 Å². The lowest BCUT2D eigenvalue weighted by Crippen LogP contribution is -2.12.